The summed E-state index contributed by atoms with van der Waals surface area (Å²) < 4.78 is 25.1. The first-order chi connectivity index (χ1) is 11.8. The summed E-state index contributed by atoms with van der Waals surface area (Å²) in [7, 11) is -3.69. The first kappa shape index (κ1) is 18.2. The number of rotatable bonds is 3. The molecule has 1 saturated carbocycles. The quantitative estimate of drug-likeness (QED) is 0.868. The number of benzene rings is 1. The van der Waals surface area contributed by atoms with Crippen LogP contribution in [-0.2, 0) is 14.8 Å². The molecule has 1 aliphatic carbocycles. The summed E-state index contributed by atoms with van der Waals surface area (Å²) in [5.41, 5.74) is 0.460. The fourth-order valence-corrected chi connectivity index (χ4v) is 5.48. The zero-order chi connectivity index (χ0) is 18.2. The number of halogens is 1. The van der Waals surface area contributed by atoms with Gasteiger partial charge >= 0.3 is 0 Å². The molecule has 1 aliphatic heterocycles. The molecule has 1 saturated heterocycles. The van der Waals surface area contributed by atoms with Gasteiger partial charge in [-0.15, -0.1) is 0 Å². The smallest absolute Gasteiger partial charge is 0.253 e. The minimum atomic E-state index is -3.69. The van der Waals surface area contributed by atoms with Gasteiger partial charge in [0.1, 0.15) is 0 Å². The van der Waals surface area contributed by atoms with Crippen LogP contribution in [0.2, 0.25) is 5.02 Å². The highest BCUT2D eigenvalue weighted by Gasteiger charge is 2.42. The molecule has 1 N–H and O–H groups in total. The van der Waals surface area contributed by atoms with Gasteiger partial charge in [-0.3, -0.25) is 9.59 Å². The lowest BCUT2D eigenvalue weighted by atomic mass is 9.95. The first-order valence-corrected chi connectivity index (χ1v) is 10.5. The largest absolute Gasteiger partial charge is 0.349 e. The van der Waals surface area contributed by atoms with Gasteiger partial charge in [-0.2, -0.15) is 0 Å². The predicted octanol–water partition coefficient (Wildman–Crippen LogP) is 2.72. The maximum atomic E-state index is 12.4. The van der Waals surface area contributed by atoms with E-state index in [0.717, 1.165) is 30.0 Å². The van der Waals surface area contributed by atoms with E-state index in [-0.39, 0.29) is 34.0 Å². The molecule has 2 amide bonds. The second-order valence-corrected chi connectivity index (χ2v) is 9.02. The number of sulfonamides is 1. The van der Waals surface area contributed by atoms with Gasteiger partial charge in [0.2, 0.25) is 15.9 Å². The molecule has 6 nitrogen and oxygen atoms in total. The molecule has 25 heavy (non-hydrogen) atoms. The van der Waals surface area contributed by atoms with Crippen LogP contribution in [0.25, 0.3) is 0 Å². The van der Waals surface area contributed by atoms with Crippen LogP contribution in [0.5, 0.6) is 0 Å². The van der Waals surface area contributed by atoms with Crippen LogP contribution in [-0.4, -0.2) is 32.0 Å². The molecule has 1 aromatic rings. The van der Waals surface area contributed by atoms with Crippen LogP contribution in [0.4, 0.5) is 5.69 Å². The normalized spacial score (nSPS) is 23.7. The molecule has 0 radical (unpaired) electrons. The monoisotopic (exact) mass is 384 g/mol. The molecule has 1 heterocycles. The van der Waals surface area contributed by atoms with Crippen molar-refractivity contribution in [1.82, 2.24) is 5.32 Å². The van der Waals surface area contributed by atoms with Crippen molar-refractivity contribution in [3.05, 3.63) is 28.8 Å². The van der Waals surface area contributed by atoms with E-state index in [0.29, 0.717) is 0 Å². The van der Waals surface area contributed by atoms with Crippen molar-refractivity contribution in [2.45, 2.75) is 45.1 Å². The third kappa shape index (κ3) is 3.67. The SMILES string of the molecule is CC1CS(=O)(=O)N(c2ccc(C(=O)NC3CCCCC3)c(Cl)c2)C1=O. The van der Waals surface area contributed by atoms with Crippen LogP contribution in [0.3, 0.4) is 0 Å². The van der Waals surface area contributed by atoms with E-state index in [1.165, 1.54) is 24.6 Å². The van der Waals surface area contributed by atoms with Crippen molar-refractivity contribution in [2.75, 3.05) is 10.1 Å². The number of nitrogens with one attached hydrogen (secondary N) is 1. The Morgan fingerprint density at radius 2 is 1.92 bits per heavy atom. The van der Waals surface area contributed by atoms with Crippen LogP contribution in [0.1, 0.15) is 49.4 Å². The second kappa shape index (κ2) is 6.96. The van der Waals surface area contributed by atoms with Crippen LogP contribution in [0, 0.1) is 5.92 Å². The van der Waals surface area contributed by atoms with E-state index in [4.69, 9.17) is 11.6 Å². The molecule has 2 aliphatic rings. The van der Waals surface area contributed by atoms with E-state index in [1.807, 2.05) is 0 Å². The lowest BCUT2D eigenvalue weighted by Crippen LogP contribution is -2.36. The van der Waals surface area contributed by atoms with E-state index >= 15 is 0 Å². The van der Waals surface area contributed by atoms with Crippen LogP contribution < -0.4 is 9.62 Å². The molecule has 136 valence electrons. The maximum absolute atomic E-state index is 12.4. The van der Waals surface area contributed by atoms with Gasteiger partial charge in [0.15, 0.2) is 0 Å². The Morgan fingerprint density at radius 3 is 2.48 bits per heavy atom. The highest BCUT2D eigenvalue weighted by Crippen LogP contribution is 2.31. The topological polar surface area (TPSA) is 83.6 Å². The van der Waals surface area contributed by atoms with Gasteiger partial charge in [-0.1, -0.05) is 37.8 Å². The Hall–Kier alpha value is -1.60. The van der Waals surface area contributed by atoms with Gasteiger partial charge in [-0.25, -0.2) is 12.7 Å². The molecular formula is C17H21ClN2O4S. The third-order valence-electron chi connectivity index (χ3n) is 4.73. The molecule has 1 aromatic carbocycles. The predicted molar refractivity (Wildman–Crippen MR) is 96.2 cm³/mol. The summed E-state index contributed by atoms with van der Waals surface area (Å²) in [5, 5.41) is 3.11. The Morgan fingerprint density at radius 1 is 1.24 bits per heavy atom. The lowest BCUT2D eigenvalue weighted by molar-refractivity contribution is -0.119. The Bertz CT molecular complexity index is 803. The minimum absolute atomic E-state index is 0.133. The number of carbonyl (C=O) groups excluding carboxylic acids is 2. The summed E-state index contributed by atoms with van der Waals surface area (Å²) in [6.45, 7) is 1.58. The van der Waals surface area contributed by atoms with E-state index in [1.54, 1.807) is 6.92 Å². The molecule has 0 aromatic heterocycles. The fourth-order valence-electron chi connectivity index (χ4n) is 3.41. The standard InChI is InChI=1S/C17H21ClN2O4S/c1-11-10-25(23,24)20(17(11)22)13-7-8-14(15(18)9-13)16(21)19-12-5-3-2-4-6-12/h7-9,11-12H,2-6,10H2,1H3,(H,19,21). The average Bonchev–Trinajstić information content (AvgIpc) is 2.75. The number of hydrogen-bond acceptors (Lipinski definition) is 4. The Balaban J connectivity index is 1.81. The summed E-state index contributed by atoms with van der Waals surface area (Å²) in [6, 6.07) is 4.44. The fraction of sp³-hybridized carbons (Fsp3) is 0.529. The van der Waals surface area contributed by atoms with Gasteiger partial charge in [0, 0.05) is 6.04 Å². The molecule has 3 rings (SSSR count). The third-order valence-corrected chi connectivity index (χ3v) is 6.91. The molecule has 0 spiro atoms. The van der Waals surface area contributed by atoms with Crippen molar-refractivity contribution in [1.29, 1.82) is 0 Å². The number of nitrogens with zero attached hydrogens (tertiary/aromatic N) is 1. The van der Waals surface area contributed by atoms with Crippen molar-refractivity contribution < 1.29 is 18.0 Å². The van der Waals surface area contributed by atoms with E-state index in [2.05, 4.69) is 5.32 Å². The van der Waals surface area contributed by atoms with Crippen LogP contribution >= 0.6 is 11.6 Å². The van der Waals surface area contributed by atoms with Crippen molar-refractivity contribution in [3.8, 4) is 0 Å². The Labute approximate surface area is 152 Å². The average molecular weight is 385 g/mol. The minimum Gasteiger partial charge on any atom is -0.349 e. The second-order valence-electron chi connectivity index (χ2n) is 6.75. The van der Waals surface area contributed by atoms with Crippen molar-refractivity contribution in [2.24, 2.45) is 5.92 Å². The molecule has 8 heteroatoms. The summed E-state index contributed by atoms with van der Waals surface area (Å²) in [4.78, 5) is 24.6. The van der Waals surface area contributed by atoms with Gasteiger partial charge in [-0.05, 0) is 31.0 Å². The summed E-state index contributed by atoms with van der Waals surface area (Å²) >= 11 is 6.20. The van der Waals surface area contributed by atoms with E-state index in [9.17, 15) is 18.0 Å². The van der Waals surface area contributed by atoms with Gasteiger partial charge in [0.05, 0.1) is 27.9 Å². The van der Waals surface area contributed by atoms with Crippen LogP contribution in [0.15, 0.2) is 18.2 Å². The first-order valence-electron chi connectivity index (χ1n) is 8.47. The zero-order valence-electron chi connectivity index (χ0n) is 14.0. The summed E-state index contributed by atoms with van der Waals surface area (Å²) in [6.07, 6.45) is 5.31. The Kier molecular flexibility index (Phi) is 5.06. The maximum Gasteiger partial charge on any atom is 0.253 e. The molecule has 2 fully saturated rings. The van der Waals surface area contributed by atoms with Gasteiger partial charge < -0.3 is 5.32 Å². The van der Waals surface area contributed by atoms with Gasteiger partial charge in [0.25, 0.3) is 5.91 Å². The number of carbonyl (C=O) groups is 2. The molecular weight excluding hydrogens is 364 g/mol. The number of hydrogen-bond donors (Lipinski definition) is 1. The zero-order valence-corrected chi connectivity index (χ0v) is 15.6. The summed E-state index contributed by atoms with van der Waals surface area (Å²) in [5.74, 6) is -1.55. The molecule has 1 atom stereocenters. The molecule has 0 bridgehead atoms. The lowest BCUT2D eigenvalue weighted by Gasteiger charge is -2.23. The van der Waals surface area contributed by atoms with E-state index < -0.39 is 21.8 Å². The highest BCUT2D eigenvalue weighted by molar-refractivity contribution is 7.94. The molecule has 1 unspecified atom stereocenters. The van der Waals surface area contributed by atoms with Crippen molar-refractivity contribution in [3.63, 3.8) is 0 Å². The number of amides is 2. The van der Waals surface area contributed by atoms with Crippen molar-refractivity contribution >= 4 is 39.1 Å². The highest BCUT2D eigenvalue weighted by atomic mass is 35.5. The number of anilines is 1.